The minimum Gasteiger partial charge on any atom is -0.465 e. The summed E-state index contributed by atoms with van der Waals surface area (Å²) in [6.45, 7) is 0.540. The van der Waals surface area contributed by atoms with Crippen LogP contribution >= 0.6 is 0 Å². The molecule has 0 spiro atoms. The van der Waals surface area contributed by atoms with E-state index in [0.717, 1.165) is 22.4 Å². The molecule has 3 rings (SSSR count). The van der Waals surface area contributed by atoms with Gasteiger partial charge in [0.25, 0.3) is 0 Å². The molecule has 2 aliphatic rings. The van der Waals surface area contributed by atoms with Crippen molar-refractivity contribution in [2.45, 2.75) is 32.0 Å². The van der Waals surface area contributed by atoms with Crippen molar-refractivity contribution in [2.75, 3.05) is 19.6 Å². The highest BCUT2D eigenvalue weighted by molar-refractivity contribution is 5.87. The average Bonchev–Trinajstić information content (AvgIpc) is 3.27. The predicted octanol–water partition coefficient (Wildman–Crippen LogP) is 1.02. The maximum atomic E-state index is 12.5. The van der Waals surface area contributed by atoms with Gasteiger partial charge in [0.1, 0.15) is 19.1 Å². The van der Waals surface area contributed by atoms with Crippen molar-refractivity contribution in [3.8, 4) is 6.07 Å². The monoisotopic (exact) mass is 356 g/mol. The maximum Gasteiger partial charge on any atom is 0.408 e. The van der Waals surface area contributed by atoms with Crippen LogP contribution in [0.2, 0.25) is 0 Å². The molecule has 26 heavy (non-hydrogen) atoms. The molecule has 0 aromatic heterocycles. The molecule has 1 atom stereocenters. The van der Waals surface area contributed by atoms with Gasteiger partial charge in [-0.3, -0.25) is 14.5 Å². The van der Waals surface area contributed by atoms with Crippen LogP contribution in [-0.4, -0.2) is 63.4 Å². The quantitative estimate of drug-likeness (QED) is 0.867. The lowest BCUT2D eigenvalue weighted by Gasteiger charge is -2.25. The summed E-state index contributed by atoms with van der Waals surface area (Å²) < 4.78 is 0. The van der Waals surface area contributed by atoms with Crippen molar-refractivity contribution in [3.63, 3.8) is 0 Å². The number of fused-ring (bicyclic) bond motifs is 1. The van der Waals surface area contributed by atoms with E-state index in [1.54, 1.807) is 4.90 Å². The van der Waals surface area contributed by atoms with Crippen molar-refractivity contribution >= 4 is 17.9 Å². The molecule has 3 amide bonds. The van der Waals surface area contributed by atoms with Gasteiger partial charge in [0.2, 0.25) is 11.8 Å². The molecule has 2 heterocycles. The summed E-state index contributed by atoms with van der Waals surface area (Å²) >= 11 is 0. The Bertz CT molecular complexity index is 748. The first-order chi connectivity index (χ1) is 12.5. The lowest BCUT2D eigenvalue weighted by Crippen LogP contribution is -2.47. The number of carbonyl (C=O) groups is 3. The third-order valence-corrected chi connectivity index (χ3v) is 4.84. The zero-order valence-electron chi connectivity index (χ0n) is 14.3. The number of carbonyl (C=O) groups excluding carboxylic acids is 2. The van der Waals surface area contributed by atoms with Gasteiger partial charge in [0.05, 0.1) is 6.07 Å². The highest BCUT2D eigenvalue weighted by Gasteiger charge is 2.32. The van der Waals surface area contributed by atoms with Crippen molar-refractivity contribution in [1.82, 2.24) is 14.7 Å². The molecule has 8 nitrogen and oxygen atoms in total. The van der Waals surface area contributed by atoms with E-state index in [-0.39, 0.29) is 12.5 Å². The number of hydrogen-bond acceptors (Lipinski definition) is 4. The third-order valence-electron chi connectivity index (χ3n) is 4.84. The SMILES string of the molecule is N#C[C@@H]1CCCN1C(=O)CN(CC(=O)N1Cc2ccccc2C1)C(=O)O. The Morgan fingerprint density at radius 1 is 1.15 bits per heavy atom. The molecule has 136 valence electrons. The molecule has 1 aromatic carbocycles. The number of likely N-dealkylation sites (tertiary alicyclic amines) is 1. The number of nitrogens with zero attached hydrogens (tertiary/aromatic N) is 4. The Morgan fingerprint density at radius 3 is 2.35 bits per heavy atom. The second-order valence-corrected chi connectivity index (χ2v) is 6.53. The molecule has 0 unspecified atom stereocenters. The van der Waals surface area contributed by atoms with Gasteiger partial charge in [-0.1, -0.05) is 24.3 Å². The average molecular weight is 356 g/mol. The number of amides is 3. The molecule has 0 aliphatic carbocycles. The molecule has 2 aliphatic heterocycles. The van der Waals surface area contributed by atoms with Gasteiger partial charge < -0.3 is 14.9 Å². The summed E-state index contributed by atoms with van der Waals surface area (Å²) in [5, 5.41) is 18.4. The summed E-state index contributed by atoms with van der Waals surface area (Å²) in [4.78, 5) is 40.1. The fraction of sp³-hybridized carbons (Fsp3) is 0.444. The fourth-order valence-electron chi connectivity index (χ4n) is 3.42. The normalized spacial score (nSPS) is 18.3. The van der Waals surface area contributed by atoms with Gasteiger partial charge in [-0.15, -0.1) is 0 Å². The Labute approximate surface area is 151 Å². The number of rotatable bonds is 4. The third kappa shape index (κ3) is 3.61. The molecule has 0 radical (unpaired) electrons. The first-order valence-corrected chi connectivity index (χ1v) is 8.51. The smallest absolute Gasteiger partial charge is 0.408 e. The molecule has 1 aromatic rings. The van der Waals surface area contributed by atoms with Crippen LogP contribution in [0.4, 0.5) is 4.79 Å². The largest absolute Gasteiger partial charge is 0.465 e. The molecular weight excluding hydrogens is 336 g/mol. The van der Waals surface area contributed by atoms with Crippen molar-refractivity contribution < 1.29 is 19.5 Å². The summed E-state index contributed by atoms with van der Waals surface area (Å²) in [6.07, 6.45) is -0.00133. The first-order valence-electron chi connectivity index (χ1n) is 8.51. The van der Waals surface area contributed by atoms with Gasteiger partial charge >= 0.3 is 6.09 Å². The van der Waals surface area contributed by atoms with E-state index in [4.69, 9.17) is 5.26 Å². The van der Waals surface area contributed by atoms with E-state index in [1.807, 2.05) is 24.3 Å². The van der Waals surface area contributed by atoms with Crippen LogP contribution < -0.4 is 0 Å². The Hall–Kier alpha value is -3.08. The summed E-state index contributed by atoms with van der Waals surface area (Å²) in [5.74, 6) is -0.774. The zero-order chi connectivity index (χ0) is 18.7. The van der Waals surface area contributed by atoms with Crippen LogP contribution in [0.1, 0.15) is 24.0 Å². The topological polar surface area (TPSA) is 105 Å². The second kappa shape index (κ2) is 7.44. The molecule has 1 N–H and O–H groups in total. The van der Waals surface area contributed by atoms with Crippen LogP contribution in [0.5, 0.6) is 0 Å². The molecular formula is C18H20N4O4. The minimum absolute atomic E-state index is 0.338. The van der Waals surface area contributed by atoms with Gasteiger partial charge in [0.15, 0.2) is 0 Å². The summed E-state index contributed by atoms with van der Waals surface area (Å²) in [7, 11) is 0. The number of nitriles is 1. The number of carboxylic acid groups (broad SMARTS) is 1. The van der Waals surface area contributed by atoms with Crippen LogP contribution in [-0.2, 0) is 22.7 Å². The lowest BCUT2D eigenvalue weighted by atomic mass is 10.1. The van der Waals surface area contributed by atoms with E-state index in [0.29, 0.717) is 26.1 Å². The lowest BCUT2D eigenvalue weighted by molar-refractivity contribution is -0.135. The van der Waals surface area contributed by atoms with Crippen LogP contribution in [0.25, 0.3) is 0 Å². The highest BCUT2D eigenvalue weighted by atomic mass is 16.4. The number of benzene rings is 1. The van der Waals surface area contributed by atoms with E-state index < -0.39 is 24.6 Å². The van der Waals surface area contributed by atoms with Crippen molar-refractivity contribution in [1.29, 1.82) is 5.26 Å². The summed E-state index contributed by atoms with van der Waals surface area (Å²) in [6, 6.07) is 9.23. The van der Waals surface area contributed by atoms with Gasteiger partial charge in [-0.2, -0.15) is 5.26 Å². The molecule has 0 bridgehead atoms. The first kappa shape index (κ1) is 17.7. The van der Waals surface area contributed by atoms with Crippen molar-refractivity contribution in [3.05, 3.63) is 35.4 Å². The maximum absolute atomic E-state index is 12.5. The zero-order valence-corrected chi connectivity index (χ0v) is 14.3. The van der Waals surface area contributed by atoms with Gasteiger partial charge in [-0.05, 0) is 24.0 Å². The molecule has 8 heteroatoms. The predicted molar refractivity (Wildman–Crippen MR) is 90.6 cm³/mol. The van der Waals surface area contributed by atoms with Crippen molar-refractivity contribution in [2.24, 2.45) is 0 Å². The minimum atomic E-state index is -1.32. The number of hydrogen-bond donors (Lipinski definition) is 1. The van der Waals surface area contributed by atoms with Crippen LogP contribution in [0.3, 0.4) is 0 Å². The molecule has 0 saturated carbocycles. The van der Waals surface area contributed by atoms with E-state index in [2.05, 4.69) is 6.07 Å². The van der Waals surface area contributed by atoms with Crippen LogP contribution in [0.15, 0.2) is 24.3 Å². The van der Waals surface area contributed by atoms with Crippen LogP contribution in [0, 0.1) is 11.3 Å². The fourth-order valence-corrected chi connectivity index (χ4v) is 3.42. The summed E-state index contributed by atoms with van der Waals surface area (Å²) in [5.41, 5.74) is 2.10. The highest BCUT2D eigenvalue weighted by Crippen LogP contribution is 2.22. The van der Waals surface area contributed by atoms with E-state index in [9.17, 15) is 19.5 Å². The Kier molecular flexibility index (Phi) is 5.07. The van der Waals surface area contributed by atoms with Gasteiger partial charge in [0, 0.05) is 19.6 Å². The molecule has 1 fully saturated rings. The van der Waals surface area contributed by atoms with Gasteiger partial charge in [-0.25, -0.2) is 4.79 Å². The molecule has 1 saturated heterocycles. The second-order valence-electron chi connectivity index (χ2n) is 6.53. The Balaban J connectivity index is 1.61. The van der Waals surface area contributed by atoms with E-state index in [1.165, 1.54) is 4.90 Å². The Morgan fingerprint density at radius 2 is 1.77 bits per heavy atom. The standard InChI is InChI=1S/C18H20N4O4/c19-8-15-6-3-7-22(15)17(24)12-21(18(25)26)11-16(23)20-9-13-4-1-2-5-14(13)10-20/h1-2,4-5,15H,3,6-7,9-12H2,(H,25,26)/t15-/m0/s1. The van der Waals surface area contributed by atoms with E-state index >= 15 is 0 Å².